The van der Waals surface area contributed by atoms with Crippen LogP contribution in [0, 0.1) is 0 Å². The summed E-state index contributed by atoms with van der Waals surface area (Å²) < 4.78 is 1.24. The molecule has 1 aromatic carbocycles. The number of aromatic nitrogens is 1. The van der Waals surface area contributed by atoms with E-state index in [1.165, 1.54) is 9.58 Å². The van der Waals surface area contributed by atoms with Gasteiger partial charge >= 0.3 is 0 Å². The average molecular weight is 309 g/mol. The fourth-order valence-electron chi connectivity index (χ4n) is 2.01. The maximum atomic E-state index is 5.97. The van der Waals surface area contributed by atoms with Gasteiger partial charge in [-0.3, -0.25) is 0 Å². The van der Waals surface area contributed by atoms with Gasteiger partial charge in [-0.2, -0.15) is 0 Å². The minimum atomic E-state index is 0.243. The zero-order chi connectivity index (χ0) is 13.2. The van der Waals surface area contributed by atoms with E-state index in [1.54, 1.807) is 22.7 Å². The van der Waals surface area contributed by atoms with Crippen LogP contribution in [-0.2, 0) is 6.42 Å². The molecule has 3 aromatic rings. The van der Waals surface area contributed by atoms with E-state index in [-0.39, 0.29) is 6.04 Å². The summed E-state index contributed by atoms with van der Waals surface area (Å²) in [6.45, 7) is 0. The molecule has 2 aromatic heterocycles. The molecule has 0 aliphatic heterocycles. The van der Waals surface area contributed by atoms with E-state index in [0.717, 1.165) is 22.0 Å². The second kappa shape index (κ2) is 5.59. The van der Waals surface area contributed by atoms with Gasteiger partial charge in [-0.25, -0.2) is 4.98 Å². The van der Waals surface area contributed by atoms with Gasteiger partial charge in [-0.1, -0.05) is 23.7 Å². The van der Waals surface area contributed by atoms with Gasteiger partial charge in [0.15, 0.2) is 0 Å². The molecule has 0 spiro atoms. The number of nitrogens with one attached hydrogen (secondary N) is 1. The number of hydrogen-bond donors (Lipinski definition) is 1. The van der Waals surface area contributed by atoms with Crippen LogP contribution in [0.5, 0.6) is 0 Å². The summed E-state index contributed by atoms with van der Waals surface area (Å²) in [5.41, 5.74) is 1.08. The molecule has 19 heavy (non-hydrogen) atoms. The lowest BCUT2D eigenvalue weighted by molar-refractivity contribution is 0.594. The number of halogens is 1. The second-order valence-electron chi connectivity index (χ2n) is 4.30. The Bertz CT molecular complexity index is 656. The molecule has 2 nitrogen and oxygen atoms in total. The Kier molecular flexibility index (Phi) is 3.84. The molecule has 0 fully saturated rings. The Balaban J connectivity index is 1.88. The van der Waals surface area contributed by atoms with Crippen LogP contribution < -0.4 is 5.32 Å². The highest BCUT2D eigenvalue weighted by Gasteiger charge is 2.16. The molecule has 0 bridgehead atoms. The van der Waals surface area contributed by atoms with E-state index >= 15 is 0 Å². The maximum absolute atomic E-state index is 5.97. The molecule has 1 unspecified atom stereocenters. The number of fused-ring (bicyclic) bond motifs is 1. The van der Waals surface area contributed by atoms with Crippen LogP contribution >= 0.6 is 34.3 Å². The van der Waals surface area contributed by atoms with Gasteiger partial charge in [0.1, 0.15) is 5.01 Å². The Morgan fingerprint density at radius 2 is 2.21 bits per heavy atom. The molecule has 0 aliphatic carbocycles. The largest absolute Gasteiger partial charge is 0.311 e. The highest BCUT2D eigenvalue weighted by Crippen LogP contribution is 2.30. The number of nitrogens with zero attached hydrogens (tertiary/aromatic N) is 1. The van der Waals surface area contributed by atoms with Crippen molar-refractivity contribution in [2.45, 2.75) is 12.5 Å². The fourth-order valence-corrected chi connectivity index (χ4v) is 4.21. The third kappa shape index (κ3) is 2.82. The van der Waals surface area contributed by atoms with Gasteiger partial charge in [0.25, 0.3) is 0 Å². The zero-order valence-electron chi connectivity index (χ0n) is 10.4. The maximum Gasteiger partial charge on any atom is 0.111 e. The summed E-state index contributed by atoms with van der Waals surface area (Å²) in [7, 11) is 1.98. The first-order chi connectivity index (χ1) is 9.26. The molecule has 0 saturated heterocycles. The Morgan fingerprint density at radius 1 is 1.37 bits per heavy atom. The fraction of sp³-hybridized carbons (Fsp3) is 0.214. The van der Waals surface area contributed by atoms with Gasteiger partial charge in [-0.05, 0) is 25.2 Å². The van der Waals surface area contributed by atoms with Crippen molar-refractivity contribution >= 4 is 44.5 Å². The van der Waals surface area contributed by atoms with Crippen LogP contribution in [0.1, 0.15) is 15.9 Å². The van der Waals surface area contributed by atoms with Crippen molar-refractivity contribution in [2.75, 3.05) is 7.05 Å². The highest BCUT2D eigenvalue weighted by atomic mass is 35.5. The summed E-state index contributed by atoms with van der Waals surface area (Å²) >= 11 is 9.43. The zero-order valence-corrected chi connectivity index (χ0v) is 12.8. The van der Waals surface area contributed by atoms with Crippen LogP contribution in [0.2, 0.25) is 5.02 Å². The van der Waals surface area contributed by atoms with E-state index in [4.69, 9.17) is 16.6 Å². The molecule has 3 rings (SSSR count). The third-order valence-corrected chi connectivity index (χ3v) is 5.44. The molecule has 98 valence electrons. The molecule has 5 heteroatoms. The smallest absolute Gasteiger partial charge is 0.111 e. The van der Waals surface area contributed by atoms with Crippen molar-refractivity contribution in [3.05, 3.63) is 50.6 Å². The summed E-state index contributed by atoms with van der Waals surface area (Å²) in [6, 6.07) is 10.5. The minimum Gasteiger partial charge on any atom is -0.311 e. The van der Waals surface area contributed by atoms with Crippen molar-refractivity contribution in [1.82, 2.24) is 10.3 Å². The lowest BCUT2D eigenvalue weighted by Crippen LogP contribution is -2.18. The van der Waals surface area contributed by atoms with Crippen LogP contribution in [0.25, 0.3) is 10.2 Å². The van der Waals surface area contributed by atoms with Gasteiger partial charge < -0.3 is 5.32 Å². The molecule has 0 radical (unpaired) electrons. The van der Waals surface area contributed by atoms with Crippen molar-refractivity contribution in [2.24, 2.45) is 0 Å². The quantitative estimate of drug-likeness (QED) is 0.767. The molecule has 0 aliphatic rings. The van der Waals surface area contributed by atoms with Crippen LogP contribution in [0.15, 0.2) is 35.7 Å². The number of thiazole rings is 1. The molecule has 0 saturated carbocycles. The van der Waals surface area contributed by atoms with Gasteiger partial charge in [0, 0.05) is 16.7 Å². The van der Waals surface area contributed by atoms with E-state index in [1.807, 2.05) is 24.6 Å². The monoisotopic (exact) mass is 308 g/mol. The van der Waals surface area contributed by atoms with E-state index in [2.05, 4.69) is 23.5 Å². The lowest BCUT2D eigenvalue weighted by Gasteiger charge is -2.11. The van der Waals surface area contributed by atoms with Crippen LogP contribution in [0.4, 0.5) is 0 Å². The Morgan fingerprint density at radius 3 is 2.89 bits per heavy atom. The number of thiophene rings is 1. The summed E-state index contributed by atoms with van der Waals surface area (Å²) in [5, 5.41) is 7.27. The Labute approximate surface area is 125 Å². The summed E-state index contributed by atoms with van der Waals surface area (Å²) in [6.07, 6.45) is 0.924. The standard InChI is InChI=1S/C14H13ClN2S2/c1-16-12(7-10-6-9(15)8-18-10)14-17-11-4-2-3-5-13(11)19-14/h2-6,8,12,16H,7H2,1H3. The number of likely N-dealkylation sites (N-methyl/N-ethyl adjacent to an activating group) is 1. The summed E-state index contributed by atoms with van der Waals surface area (Å²) in [4.78, 5) is 6.00. The van der Waals surface area contributed by atoms with E-state index in [0.29, 0.717) is 0 Å². The van der Waals surface area contributed by atoms with Crippen molar-refractivity contribution in [1.29, 1.82) is 0 Å². The summed E-state index contributed by atoms with van der Waals surface area (Å²) in [5.74, 6) is 0. The first-order valence-electron chi connectivity index (χ1n) is 6.02. The molecule has 1 atom stereocenters. The first-order valence-corrected chi connectivity index (χ1v) is 8.09. The van der Waals surface area contributed by atoms with Crippen molar-refractivity contribution in [3.8, 4) is 0 Å². The number of benzene rings is 1. The minimum absolute atomic E-state index is 0.243. The Hall–Kier alpha value is -0.940. The molecule has 2 heterocycles. The van der Waals surface area contributed by atoms with Crippen molar-refractivity contribution in [3.63, 3.8) is 0 Å². The number of rotatable bonds is 4. The molecule has 0 amide bonds. The molecular formula is C14H13ClN2S2. The number of hydrogen-bond acceptors (Lipinski definition) is 4. The van der Waals surface area contributed by atoms with Crippen LogP contribution in [0.3, 0.4) is 0 Å². The normalized spacial score (nSPS) is 12.9. The molecule has 1 N–H and O–H groups in total. The predicted molar refractivity (Wildman–Crippen MR) is 84.5 cm³/mol. The van der Waals surface area contributed by atoms with E-state index in [9.17, 15) is 0 Å². The van der Waals surface area contributed by atoms with Gasteiger partial charge in [-0.15, -0.1) is 22.7 Å². The highest BCUT2D eigenvalue weighted by molar-refractivity contribution is 7.18. The van der Waals surface area contributed by atoms with Crippen LogP contribution in [-0.4, -0.2) is 12.0 Å². The van der Waals surface area contributed by atoms with Gasteiger partial charge in [0.2, 0.25) is 0 Å². The van der Waals surface area contributed by atoms with E-state index < -0.39 is 0 Å². The first kappa shape index (κ1) is 13.1. The lowest BCUT2D eigenvalue weighted by atomic mass is 10.2. The third-order valence-electron chi connectivity index (χ3n) is 2.98. The molecular weight excluding hydrogens is 296 g/mol. The van der Waals surface area contributed by atoms with Crippen molar-refractivity contribution < 1.29 is 0 Å². The van der Waals surface area contributed by atoms with Gasteiger partial charge in [0.05, 0.1) is 21.3 Å². The predicted octanol–water partition coefficient (Wildman–Crippen LogP) is 4.51. The number of para-hydroxylation sites is 1. The average Bonchev–Trinajstić information content (AvgIpc) is 3.01. The SMILES string of the molecule is CNC(Cc1cc(Cl)cs1)c1nc2ccccc2s1. The second-order valence-corrected chi connectivity index (χ2v) is 6.79. The topological polar surface area (TPSA) is 24.9 Å².